The van der Waals surface area contributed by atoms with Crippen LogP contribution in [0.25, 0.3) is 22.3 Å². The van der Waals surface area contributed by atoms with Gasteiger partial charge in [-0.25, -0.2) is 9.97 Å². The number of para-hydroxylation sites is 2. The summed E-state index contributed by atoms with van der Waals surface area (Å²) in [5, 5.41) is 3.38. The molecule has 0 amide bonds. The third-order valence-electron chi connectivity index (χ3n) is 3.95. The molecule has 0 aliphatic rings. The fraction of sp³-hybridized carbons (Fsp3) is 0.0476. The van der Waals surface area contributed by atoms with Gasteiger partial charge in [-0.05, 0) is 24.3 Å². The van der Waals surface area contributed by atoms with E-state index in [2.05, 4.69) is 5.32 Å². The lowest BCUT2D eigenvalue weighted by Crippen LogP contribution is -2.00. The zero-order valence-corrected chi connectivity index (χ0v) is 13.8. The molecule has 1 aromatic heterocycles. The van der Waals surface area contributed by atoms with Crippen molar-refractivity contribution in [2.45, 2.75) is 0 Å². The van der Waals surface area contributed by atoms with E-state index in [0.29, 0.717) is 0 Å². The predicted octanol–water partition coefficient (Wildman–Crippen LogP) is 5.05. The van der Waals surface area contributed by atoms with Crippen molar-refractivity contribution in [1.82, 2.24) is 9.97 Å². The number of hydrogen-bond acceptors (Lipinski definition) is 4. The first-order valence-electron chi connectivity index (χ1n) is 8.07. The molecule has 1 heterocycles. The Balaban J connectivity index is 1.85. The van der Waals surface area contributed by atoms with Crippen LogP contribution in [-0.4, -0.2) is 17.1 Å². The second-order valence-corrected chi connectivity index (χ2v) is 5.63. The molecule has 0 aliphatic carbocycles. The standard InChI is InChI=1S/C21H17N3O/c1-25-17-11-7-10-16(14-17)22-21-20(15-8-3-2-4-9-15)23-18-12-5-6-13-19(18)24-21/h2-14H,1H3,(H,22,24). The highest BCUT2D eigenvalue weighted by molar-refractivity contribution is 5.84. The van der Waals surface area contributed by atoms with E-state index in [9.17, 15) is 0 Å². The molecule has 0 spiro atoms. The Bertz CT molecular complexity index is 1020. The van der Waals surface area contributed by atoms with Gasteiger partial charge >= 0.3 is 0 Å². The van der Waals surface area contributed by atoms with E-state index in [1.807, 2.05) is 78.9 Å². The Hall–Kier alpha value is -3.40. The van der Waals surface area contributed by atoms with Crippen LogP contribution >= 0.6 is 0 Å². The van der Waals surface area contributed by atoms with E-state index in [0.717, 1.165) is 39.5 Å². The van der Waals surface area contributed by atoms with Gasteiger partial charge in [0.15, 0.2) is 5.82 Å². The van der Waals surface area contributed by atoms with E-state index < -0.39 is 0 Å². The normalized spacial score (nSPS) is 10.6. The molecule has 3 aromatic carbocycles. The van der Waals surface area contributed by atoms with Crippen molar-refractivity contribution in [3.63, 3.8) is 0 Å². The van der Waals surface area contributed by atoms with Crippen molar-refractivity contribution in [3.05, 3.63) is 78.9 Å². The van der Waals surface area contributed by atoms with E-state index in [1.54, 1.807) is 7.11 Å². The average molecular weight is 327 g/mol. The van der Waals surface area contributed by atoms with Gasteiger partial charge in [0.2, 0.25) is 0 Å². The molecular formula is C21H17N3O. The molecule has 0 unspecified atom stereocenters. The number of aromatic nitrogens is 2. The number of ether oxygens (including phenoxy) is 1. The summed E-state index contributed by atoms with van der Waals surface area (Å²) >= 11 is 0. The molecule has 0 radical (unpaired) electrons. The van der Waals surface area contributed by atoms with Crippen LogP contribution in [0.3, 0.4) is 0 Å². The smallest absolute Gasteiger partial charge is 0.157 e. The zero-order valence-electron chi connectivity index (χ0n) is 13.8. The molecule has 4 aromatic rings. The second kappa shape index (κ2) is 6.61. The van der Waals surface area contributed by atoms with E-state index in [1.165, 1.54) is 0 Å². The first-order chi connectivity index (χ1) is 12.3. The molecule has 122 valence electrons. The van der Waals surface area contributed by atoms with Crippen LogP contribution in [-0.2, 0) is 0 Å². The summed E-state index contributed by atoms with van der Waals surface area (Å²) in [5.41, 5.74) is 4.47. The lowest BCUT2D eigenvalue weighted by molar-refractivity contribution is 0.415. The molecule has 0 bridgehead atoms. The van der Waals surface area contributed by atoms with Crippen molar-refractivity contribution < 1.29 is 4.74 Å². The third-order valence-corrected chi connectivity index (χ3v) is 3.95. The molecule has 4 heteroatoms. The highest BCUT2D eigenvalue weighted by atomic mass is 16.5. The summed E-state index contributed by atoms with van der Waals surface area (Å²) in [6, 6.07) is 25.7. The Morgan fingerprint density at radius 3 is 2.24 bits per heavy atom. The van der Waals surface area contributed by atoms with Gasteiger partial charge in [0.05, 0.1) is 18.1 Å². The maximum atomic E-state index is 5.30. The van der Waals surface area contributed by atoms with Crippen LogP contribution < -0.4 is 10.1 Å². The van der Waals surface area contributed by atoms with Crippen molar-refractivity contribution in [2.75, 3.05) is 12.4 Å². The SMILES string of the molecule is COc1cccc(Nc2nc3ccccc3nc2-c2ccccc2)c1. The Morgan fingerprint density at radius 1 is 0.760 bits per heavy atom. The van der Waals surface area contributed by atoms with Crippen molar-refractivity contribution in [1.29, 1.82) is 0 Å². The van der Waals surface area contributed by atoms with Gasteiger partial charge in [0.25, 0.3) is 0 Å². The molecule has 0 saturated heterocycles. The van der Waals surface area contributed by atoms with E-state index in [-0.39, 0.29) is 0 Å². The van der Waals surface area contributed by atoms with Gasteiger partial charge in [-0.2, -0.15) is 0 Å². The summed E-state index contributed by atoms with van der Waals surface area (Å²) in [4.78, 5) is 9.62. The number of nitrogens with zero attached hydrogens (tertiary/aromatic N) is 2. The van der Waals surface area contributed by atoms with E-state index in [4.69, 9.17) is 14.7 Å². The fourth-order valence-corrected chi connectivity index (χ4v) is 2.72. The third kappa shape index (κ3) is 3.15. The average Bonchev–Trinajstić information content (AvgIpc) is 2.68. The Kier molecular flexibility index (Phi) is 4.01. The summed E-state index contributed by atoms with van der Waals surface area (Å²) < 4.78 is 5.30. The fourth-order valence-electron chi connectivity index (χ4n) is 2.72. The topological polar surface area (TPSA) is 47.0 Å². The minimum absolute atomic E-state index is 0.721. The molecule has 0 aliphatic heterocycles. The zero-order chi connectivity index (χ0) is 17.1. The van der Waals surface area contributed by atoms with Gasteiger partial charge in [0, 0.05) is 17.3 Å². The maximum absolute atomic E-state index is 5.30. The number of benzene rings is 3. The Labute approximate surface area is 146 Å². The molecule has 4 nitrogen and oxygen atoms in total. The van der Waals surface area contributed by atoms with Crippen molar-refractivity contribution in [2.24, 2.45) is 0 Å². The maximum Gasteiger partial charge on any atom is 0.157 e. The molecular weight excluding hydrogens is 310 g/mol. The molecule has 1 N–H and O–H groups in total. The van der Waals surface area contributed by atoms with Crippen LogP contribution in [0, 0.1) is 0 Å². The number of rotatable bonds is 4. The molecule has 0 saturated carbocycles. The number of fused-ring (bicyclic) bond motifs is 1. The minimum atomic E-state index is 0.721. The second-order valence-electron chi connectivity index (χ2n) is 5.63. The van der Waals surface area contributed by atoms with Crippen LogP contribution in [0.4, 0.5) is 11.5 Å². The van der Waals surface area contributed by atoms with Gasteiger partial charge in [-0.3, -0.25) is 0 Å². The number of anilines is 2. The van der Waals surface area contributed by atoms with Gasteiger partial charge in [-0.15, -0.1) is 0 Å². The summed E-state index contributed by atoms with van der Waals surface area (Å²) in [6.07, 6.45) is 0. The first-order valence-corrected chi connectivity index (χ1v) is 8.07. The number of hydrogen-bond donors (Lipinski definition) is 1. The summed E-state index contributed by atoms with van der Waals surface area (Å²) in [5.74, 6) is 1.51. The summed E-state index contributed by atoms with van der Waals surface area (Å²) in [6.45, 7) is 0. The van der Waals surface area contributed by atoms with Crippen LogP contribution in [0.1, 0.15) is 0 Å². The van der Waals surface area contributed by atoms with Gasteiger partial charge in [0.1, 0.15) is 11.4 Å². The predicted molar refractivity (Wildman–Crippen MR) is 101 cm³/mol. The van der Waals surface area contributed by atoms with Crippen LogP contribution in [0.2, 0.25) is 0 Å². The van der Waals surface area contributed by atoms with Crippen LogP contribution in [0.5, 0.6) is 5.75 Å². The monoisotopic (exact) mass is 327 g/mol. The molecule has 0 atom stereocenters. The molecule has 0 fully saturated rings. The van der Waals surface area contributed by atoms with Crippen molar-refractivity contribution >= 4 is 22.5 Å². The highest BCUT2D eigenvalue weighted by Gasteiger charge is 2.11. The van der Waals surface area contributed by atoms with Crippen molar-refractivity contribution in [3.8, 4) is 17.0 Å². The minimum Gasteiger partial charge on any atom is -0.497 e. The summed E-state index contributed by atoms with van der Waals surface area (Å²) in [7, 11) is 1.66. The lowest BCUT2D eigenvalue weighted by Gasteiger charge is -2.13. The van der Waals surface area contributed by atoms with Crippen LogP contribution in [0.15, 0.2) is 78.9 Å². The van der Waals surface area contributed by atoms with Gasteiger partial charge < -0.3 is 10.1 Å². The Morgan fingerprint density at radius 2 is 1.48 bits per heavy atom. The number of nitrogens with one attached hydrogen (secondary N) is 1. The largest absolute Gasteiger partial charge is 0.497 e. The lowest BCUT2D eigenvalue weighted by atomic mass is 10.1. The molecule has 4 rings (SSSR count). The quantitative estimate of drug-likeness (QED) is 0.570. The first kappa shape index (κ1) is 15.1. The van der Waals surface area contributed by atoms with Gasteiger partial charge in [-0.1, -0.05) is 48.5 Å². The highest BCUT2D eigenvalue weighted by Crippen LogP contribution is 2.30. The van der Waals surface area contributed by atoms with E-state index >= 15 is 0 Å². The molecule has 25 heavy (non-hydrogen) atoms. The number of methoxy groups -OCH3 is 1.